The molecule has 22 heavy (non-hydrogen) atoms. The van der Waals surface area contributed by atoms with Gasteiger partial charge in [0.2, 0.25) is 4.96 Å². The van der Waals surface area contributed by atoms with Crippen LogP contribution in [0.2, 0.25) is 0 Å². The second kappa shape index (κ2) is 6.66. The Balaban J connectivity index is 1.96. The molecule has 0 spiro atoms. The summed E-state index contributed by atoms with van der Waals surface area (Å²) in [6.07, 6.45) is 0. The third-order valence-electron chi connectivity index (χ3n) is 3.02. The first-order valence-corrected chi connectivity index (χ1v) is 9.10. The fraction of sp³-hybridized carbons (Fsp3) is 0.400. The van der Waals surface area contributed by atoms with Crippen molar-refractivity contribution >= 4 is 28.1 Å². The van der Waals surface area contributed by atoms with E-state index in [0.29, 0.717) is 11.9 Å². The van der Waals surface area contributed by atoms with Gasteiger partial charge in [0.15, 0.2) is 10.8 Å². The van der Waals surface area contributed by atoms with Crippen LogP contribution in [0.3, 0.4) is 0 Å². The summed E-state index contributed by atoms with van der Waals surface area (Å²) in [6, 6.07) is 7.96. The van der Waals surface area contributed by atoms with E-state index in [0.717, 1.165) is 32.9 Å². The van der Waals surface area contributed by atoms with Crippen molar-refractivity contribution in [1.29, 1.82) is 0 Å². The van der Waals surface area contributed by atoms with Gasteiger partial charge in [-0.15, -0.1) is 10.2 Å². The quantitative estimate of drug-likeness (QED) is 0.684. The number of nitrogens with zero attached hydrogens (tertiary/aromatic N) is 4. The molecule has 2 heterocycles. The van der Waals surface area contributed by atoms with Crippen LogP contribution in [0, 0.1) is 0 Å². The van der Waals surface area contributed by atoms with Crippen LogP contribution in [0.15, 0.2) is 24.3 Å². The standard InChI is InChI=1S/C15H18N4OS2/c1-4-20-12-8-6-5-7-11(12)14-18-19-13(9-21-10(2)3)16-17-15(19)22-14/h5-8,10H,4,9H2,1-3H3. The molecule has 0 saturated carbocycles. The number of para-hydroxylation sites is 1. The Bertz CT molecular complexity index is 766. The highest BCUT2D eigenvalue weighted by atomic mass is 32.2. The molecule has 0 aliphatic rings. The molecule has 0 aliphatic heterocycles. The minimum atomic E-state index is 0.559. The molecular weight excluding hydrogens is 316 g/mol. The molecule has 2 aromatic heterocycles. The third-order valence-corrected chi connectivity index (χ3v) is 5.04. The number of hydrogen-bond acceptors (Lipinski definition) is 6. The van der Waals surface area contributed by atoms with Gasteiger partial charge in [0.05, 0.1) is 17.9 Å². The summed E-state index contributed by atoms with van der Waals surface area (Å²) in [4.78, 5) is 0.820. The Morgan fingerprint density at radius 1 is 1.27 bits per heavy atom. The van der Waals surface area contributed by atoms with Gasteiger partial charge in [0.25, 0.3) is 0 Å². The van der Waals surface area contributed by atoms with E-state index < -0.39 is 0 Å². The number of aromatic nitrogens is 4. The highest BCUT2D eigenvalue weighted by Crippen LogP contribution is 2.33. The molecule has 7 heteroatoms. The van der Waals surface area contributed by atoms with Crippen LogP contribution in [-0.4, -0.2) is 31.7 Å². The number of benzene rings is 1. The van der Waals surface area contributed by atoms with E-state index in [-0.39, 0.29) is 0 Å². The molecule has 0 radical (unpaired) electrons. The summed E-state index contributed by atoms with van der Waals surface area (Å²) in [7, 11) is 0. The van der Waals surface area contributed by atoms with E-state index in [2.05, 4.69) is 29.1 Å². The van der Waals surface area contributed by atoms with Crippen molar-refractivity contribution in [1.82, 2.24) is 19.8 Å². The summed E-state index contributed by atoms with van der Waals surface area (Å²) in [5, 5.41) is 14.6. The van der Waals surface area contributed by atoms with Gasteiger partial charge in [-0.2, -0.15) is 21.4 Å². The Hall–Kier alpha value is -1.60. The van der Waals surface area contributed by atoms with Gasteiger partial charge in [-0.25, -0.2) is 0 Å². The Kier molecular flexibility index (Phi) is 4.63. The highest BCUT2D eigenvalue weighted by Gasteiger charge is 2.15. The van der Waals surface area contributed by atoms with Crippen molar-refractivity contribution < 1.29 is 4.74 Å². The molecule has 0 bridgehead atoms. The minimum Gasteiger partial charge on any atom is -0.493 e. The molecule has 0 atom stereocenters. The number of thioether (sulfide) groups is 1. The number of fused-ring (bicyclic) bond motifs is 1. The molecule has 1 aromatic carbocycles. The molecule has 0 unspecified atom stereocenters. The van der Waals surface area contributed by atoms with E-state index in [4.69, 9.17) is 4.74 Å². The van der Waals surface area contributed by atoms with Crippen LogP contribution in [0.25, 0.3) is 15.5 Å². The lowest BCUT2D eigenvalue weighted by molar-refractivity contribution is 0.341. The zero-order valence-electron chi connectivity index (χ0n) is 12.8. The van der Waals surface area contributed by atoms with Crippen LogP contribution in [0.4, 0.5) is 0 Å². The van der Waals surface area contributed by atoms with Gasteiger partial charge < -0.3 is 4.74 Å². The van der Waals surface area contributed by atoms with Crippen molar-refractivity contribution in [2.75, 3.05) is 6.61 Å². The van der Waals surface area contributed by atoms with Gasteiger partial charge in [-0.05, 0) is 24.3 Å². The first-order valence-electron chi connectivity index (χ1n) is 7.24. The zero-order chi connectivity index (χ0) is 15.5. The summed E-state index contributed by atoms with van der Waals surface area (Å²) in [6.45, 7) is 6.97. The van der Waals surface area contributed by atoms with Gasteiger partial charge in [0.1, 0.15) is 5.75 Å². The lowest BCUT2D eigenvalue weighted by Crippen LogP contribution is -1.97. The second-order valence-electron chi connectivity index (χ2n) is 5.01. The lowest BCUT2D eigenvalue weighted by Gasteiger charge is -2.06. The summed E-state index contributed by atoms with van der Waals surface area (Å²) >= 11 is 3.37. The Morgan fingerprint density at radius 3 is 2.86 bits per heavy atom. The van der Waals surface area contributed by atoms with Crippen molar-refractivity contribution in [3.8, 4) is 16.3 Å². The van der Waals surface area contributed by atoms with Crippen LogP contribution in [-0.2, 0) is 5.75 Å². The topological polar surface area (TPSA) is 52.3 Å². The van der Waals surface area contributed by atoms with E-state index in [1.54, 1.807) is 0 Å². The average Bonchev–Trinajstić information content (AvgIpc) is 3.06. The van der Waals surface area contributed by atoms with Crippen molar-refractivity contribution in [2.24, 2.45) is 0 Å². The fourth-order valence-electron chi connectivity index (χ4n) is 2.02. The summed E-state index contributed by atoms with van der Waals surface area (Å²) in [5.74, 6) is 2.56. The smallest absolute Gasteiger partial charge is 0.235 e. The first kappa shape index (κ1) is 15.3. The number of hydrogen-bond donors (Lipinski definition) is 0. The van der Waals surface area contributed by atoms with Gasteiger partial charge in [-0.3, -0.25) is 0 Å². The molecule has 0 fully saturated rings. The Labute approximate surface area is 137 Å². The maximum Gasteiger partial charge on any atom is 0.235 e. The Morgan fingerprint density at radius 2 is 2.09 bits per heavy atom. The van der Waals surface area contributed by atoms with E-state index in [1.807, 2.05) is 47.5 Å². The predicted octanol–water partition coefficient (Wildman–Crippen LogP) is 3.89. The summed E-state index contributed by atoms with van der Waals surface area (Å²) < 4.78 is 7.54. The molecule has 116 valence electrons. The third kappa shape index (κ3) is 3.10. The highest BCUT2D eigenvalue weighted by molar-refractivity contribution is 7.99. The number of rotatable bonds is 6. The molecule has 0 amide bonds. The van der Waals surface area contributed by atoms with Crippen molar-refractivity contribution in [3.05, 3.63) is 30.1 Å². The van der Waals surface area contributed by atoms with E-state index in [1.165, 1.54) is 11.3 Å². The predicted molar refractivity (Wildman–Crippen MR) is 91.7 cm³/mol. The molecule has 3 aromatic rings. The van der Waals surface area contributed by atoms with Gasteiger partial charge in [-0.1, -0.05) is 37.3 Å². The molecule has 0 aliphatic carbocycles. The zero-order valence-corrected chi connectivity index (χ0v) is 14.4. The van der Waals surface area contributed by atoms with Crippen molar-refractivity contribution in [3.63, 3.8) is 0 Å². The second-order valence-corrected chi connectivity index (χ2v) is 7.53. The van der Waals surface area contributed by atoms with Crippen LogP contribution < -0.4 is 4.74 Å². The fourth-order valence-corrected chi connectivity index (χ4v) is 3.57. The molecular formula is C15H18N4OS2. The number of ether oxygens (including phenoxy) is 1. The first-order chi connectivity index (χ1) is 10.7. The molecule has 0 N–H and O–H groups in total. The molecule has 5 nitrogen and oxygen atoms in total. The maximum absolute atomic E-state index is 5.69. The van der Waals surface area contributed by atoms with Crippen LogP contribution in [0.5, 0.6) is 5.75 Å². The average molecular weight is 334 g/mol. The van der Waals surface area contributed by atoms with Crippen LogP contribution >= 0.6 is 23.1 Å². The summed E-state index contributed by atoms with van der Waals surface area (Å²) in [5.41, 5.74) is 1.00. The molecule has 3 rings (SSSR count). The largest absolute Gasteiger partial charge is 0.493 e. The van der Waals surface area contributed by atoms with Gasteiger partial charge in [0, 0.05) is 0 Å². The SMILES string of the molecule is CCOc1ccccc1-c1nn2c(CSC(C)C)nnc2s1. The van der Waals surface area contributed by atoms with E-state index in [9.17, 15) is 0 Å². The molecule has 0 saturated heterocycles. The maximum atomic E-state index is 5.69. The lowest BCUT2D eigenvalue weighted by atomic mass is 10.2. The van der Waals surface area contributed by atoms with Crippen LogP contribution in [0.1, 0.15) is 26.6 Å². The van der Waals surface area contributed by atoms with E-state index >= 15 is 0 Å². The van der Waals surface area contributed by atoms with Gasteiger partial charge >= 0.3 is 0 Å². The minimum absolute atomic E-state index is 0.559. The normalized spacial score (nSPS) is 11.5. The monoisotopic (exact) mass is 334 g/mol. The van der Waals surface area contributed by atoms with Crippen molar-refractivity contribution in [2.45, 2.75) is 31.8 Å².